The highest BCUT2D eigenvalue weighted by Gasteiger charge is 2.25. The monoisotopic (exact) mass is 436 g/mol. The first-order valence-electron chi connectivity index (χ1n) is 10.7. The molecule has 4 rings (SSSR count). The van der Waals surface area contributed by atoms with Gasteiger partial charge in [-0.15, -0.1) is 0 Å². The standard InChI is InChI=1S/C24H29FN6O/c1-17-27-11-13-31(17)21-9-8-18(14-20(21)25)15-28-24(26-2)29-19-10-12-30(16-19)22-6-4-5-7-23(22)32-3/h4-9,11,13-14,19H,10,12,15-16H2,1-3H3,(H2,26,28,29). The topological polar surface area (TPSA) is 66.7 Å². The van der Waals surface area contributed by atoms with Crippen LogP contribution in [0.5, 0.6) is 5.75 Å². The summed E-state index contributed by atoms with van der Waals surface area (Å²) < 4.78 is 21.9. The van der Waals surface area contributed by atoms with Gasteiger partial charge in [0.15, 0.2) is 5.96 Å². The number of imidazole rings is 1. The highest BCUT2D eigenvalue weighted by atomic mass is 19.1. The predicted molar refractivity (Wildman–Crippen MR) is 125 cm³/mol. The average Bonchev–Trinajstić information content (AvgIpc) is 3.45. The molecule has 0 saturated carbocycles. The van der Waals surface area contributed by atoms with Gasteiger partial charge < -0.3 is 24.8 Å². The SMILES string of the molecule is CN=C(NCc1ccc(-n2ccnc2C)c(F)c1)NC1CCN(c2ccccc2OC)C1. The first-order valence-corrected chi connectivity index (χ1v) is 10.7. The average molecular weight is 437 g/mol. The molecule has 2 heterocycles. The molecular weight excluding hydrogens is 407 g/mol. The van der Waals surface area contributed by atoms with Crippen LogP contribution in [0.25, 0.3) is 5.69 Å². The van der Waals surface area contributed by atoms with Gasteiger partial charge >= 0.3 is 0 Å². The van der Waals surface area contributed by atoms with Gasteiger partial charge in [-0.3, -0.25) is 4.99 Å². The number of aryl methyl sites for hydroxylation is 1. The van der Waals surface area contributed by atoms with Crippen LogP contribution in [0.15, 0.2) is 59.9 Å². The van der Waals surface area contributed by atoms with Gasteiger partial charge in [-0.05, 0) is 43.2 Å². The maximum absolute atomic E-state index is 14.7. The van der Waals surface area contributed by atoms with Crippen molar-refractivity contribution in [3.05, 3.63) is 72.1 Å². The van der Waals surface area contributed by atoms with Crippen LogP contribution in [0.3, 0.4) is 0 Å². The van der Waals surface area contributed by atoms with E-state index in [4.69, 9.17) is 4.74 Å². The Balaban J connectivity index is 1.34. The third kappa shape index (κ3) is 4.69. The smallest absolute Gasteiger partial charge is 0.191 e. The minimum atomic E-state index is -0.281. The van der Waals surface area contributed by atoms with Crippen molar-refractivity contribution in [2.45, 2.75) is 25.9 Å². The Morgan fingerprint density at radius 2 is 2.09 bits per heavy atom. The normalized spacial score (nSPS) is 16.3. The van der Waals surface area contributed by atoms with Crippen molar-refractivity contribution < 1.29 is 9.13 Å². The Kier molecular flexibility index (Phi) is 6.58. The van der Waals surface area contributed by atoms with E-state index in [1.807, 2.05) is 31.2 Å². The highest BCUT2D eigenvalue weighted by molar-refractivity contribution is 5.80. The quantitative estimate of drug-likeness (QED) is 0.459. The Bertz CT molecular complexity index is 1100. The largest absolute Gasteiger partial charge is 0.495 e. The summed E-state index contributed by atoms with van der Waals surface area (Å²) in [6, 6.07) is 13.6. The first kappa shape index (κ1) is 21.7. The van der Waals surface area contributed by atoms with Crippen molar-refractivity contribution in [2.24, 2.45) is 4.99 Å². The molecule has 3 aromatic rings. The molecule has 1 atom stereocenters. The van der Waals surface area contributed by atoms with E-state index < -0.39 is 0 Å². The van der Waals surface area contributed by atoms with Gasteiger partial charge in [-0.25, -0.2) is 9.37 Å². The zero-order valence-electron chi connectivity index (χ0n) is 18.7. The number of hydrogen-bond donors (Lipinski definition) is 2. The summed E-state index contributed by atoms with van der Waals surface area (Å²) in [5, 5.41) is 6.77. The van der Waals surface area contributed by atoms with Crippen molar-refractivity contribution in [1.82, 2.24) is 20.2 Å². The Morgan fingerprint density at radius 1 is 1.25 bits per heavy atom. The fourth-order valence-corrected chi connectivity index (χ4v) is 4.05. The number of guanidine groups is 1. The minimum Gasteiger partial charge on any atom is -0.495 e. The van der Waals surface area contributed by atoms with E-state index in [9.17, 15) is 4.39 Å². The Labute approximate surface area is 187 Å². The van der Waals surface area contributed by atoms with E-state index in [1.54, 1.807) is 43.3 Å². The van der Waals surface area contributed by atoms with Crippen LogP contribution >= 0.6 is 0 Å². The lowest BCUT2D eigenvalue weighted by Gasteiger charge is -2.22. The number of hydrogen-bond acceptors (Lipinski definition) is 4. The second kappa shape index (κ2) is 9.72. The summed E-state index contributed by atoms with van der Waals surface area (Å²) in [6.45, 7) is 4.12. The number of aliphatic imine (C=N–C) groups is 1. The number of nitrogens with zero attached hydrogens (tertiary/aromatic N) is 4. The van der Waals surface area contributed by atoms with Crippen LogP contribution in [-0.2, 0) is 6.54 Å². The van der Waals surface area contributed by atoms with Gasteiger partial charge in [-0.2, -0.15) is 0 Å². The molecule has 1 saturated heterocycles. The molecule has 0 spiro atoms. The van der Waals surface area contributed by atoms with Gasteiger partial charge in [0.05, 0.1) is 18.5 Å². The zero-order valence-corrected chi connectivity index (χ0v) is 18.7. The van der Waals surface area contributed by atoms with E-state index in [2.05, 4.69) is 31.6 Å². The van der Waals surface area contributed by atoms with Crippen LogP contribution in [0.2, 0.25) is 0 Å². The Morgan fingerprint density at radius 3 is 2.81 bits per heavy atom. The molecule has 2 N–H and O–H groups in total. The van der Waals surface area contributed by atoms with Crippen LogP contribution in [0, 0.1) is 12.7 Å². The lowest BCUT2D eigenvalue weighted by molar-refractivity contribution is 0.415. The van der Waals surface area contributed by atoms with Gasteiger partial charge in [-0.1, -0.05) is 18.2 Å². The third-order valence-corrected chi connectivity index (χ3v) is 5.74. The molecule has 32 heavy (non-hydrogen) atoms. The van der Waals surface area contributed by atoms with E-state index >= 15 is 0 Å². The van der Waals surface area contributed by atoms with Crippen molar-refractivity contribution in [3.8, 4) is 11.4 Å². The lowest BCUT2D eigenvalue weighted by atomic mass is 10.2. The predicted octanol–water partition coefficient (Wildman–Crippen LogP) is 3.27. The number of aromatic nitrogens is 2. The molecule has 2 aromatic carbocycles. The summed E-state index contributed by atoms with van der Waals surface area (Å²) in [5.41, 5.74) is 2.44. The number of halogens is 1. The molecule has 0 bridgehead atoms. The number of ether oxygens (including phenoxy) is 1. The Hall–Kier alpha value is -3.55. The van der Waals surface area contributed by atoms with Gasteiger partial charge in [0, 0.05) is 45.1 Å². The van der Waals surface area contributed by atoms with E-state index in [0.29, 0.717) is 18.2 Å². The van der Waals surface area contributed by atoms with Crippen LogP contribution in [0.4, 0.5) is 10.1 Å². The molecule has 1 fully saturated rings. The van der Waals surface area contributed by atoms with Crippen molar-refractivity contribution in [3.63, 3.8) is 0 Å². The number of benzene rings is 2. The van der Waals surface area contributed by atoms with E-state index in [0.717, 1.165) is 42.3 Å². The van der Waals surface area contributed by atoms with Gasteiger partial charge in [0.1, 0.15) is 17.4 Å². The molecule has 0 radical (unpaired) electrons. The molecule has 1 aliphatic rings. The molecule has 1 aromatic heterocycles. The molecule has 0 amide bonds. The van der Waals surface area contributed by atoms with Crippen molar-refractivity contribution in [1.29, 1.82) is 0 Å². The van der Waals surface area contributed by atoms with E-state index in [1.165, 1.54) is 0 Å². The number of para-hydroxylation sites is 2. The lowest BCUT2D eigenvalue weighted by Crippen LogP contribution is -2.44. The second-order valence-corrected chi connectivity index (χ2v) is 7.80. The van der Waals surface area contributed by atoms with Crippen LogP contribution < -0.4 is 20.3 Å². The molecule has 0 aliphatic carbocycles. The maximum Gasteiger partial charge on any atom is 0.191 e. The second-order valence-electron chi connectivity index (χ2n) is 7.80. The molecule has 1 aliphatic heterocycles. The van der Waals surface area contributed by atoms with Crippen molar-refractivity contribution in [2.75, 3.05) is 32.1 Å². The molecule has 168 valence electrons. The minimum absolute atomic E-state index is 0.259. The number of rotatable bonds is 6. The summed E-state index contributed by atoms with van der Waals surface area (Å²) in [7, 11) is 3.44. The van der Waals surface area contributed by atoms with Crippen LogP contribution in [-0.4, -0.2) is 48.8 Å². The first-order chi connectivity index (χ1) is 15.6. The van der Waals surface area contributed by atoms with Gasteiger partial charge in [0.25, 0.3) is 0 Å². The highest BCUT2D eigenvalue weighted by Crippen LogP contribution is 2.30. The number of anilines is 1. The van der Waals surface area contributed by atoms with Crippen molar-refractivity contribution >= 4 is 11.6 Å². The number of nitrogens with one attached hydrogen (secondary N) is 2. The zero-order chi connectivity index (χ0) is 22.5. The molecule has 7 nitrogen and oxygen atoms in total. The molecule has 8 heteroatoms. The fraction of sp³-hybridized carbons (Fsp3) is 0.333. The fourth-order valence-electron chi connectivity index (χ4n) is 4.05. The van der Waals surface area contributed by atoms with Crippen LogP contribution in [0.1, 0.15) is 17.8 Å². The molecule has 1 unspecified atom stereocenters. The summed E-state index contributed by atoms with van der Waals surface area (Å²) in [5.74, 6) is 2.05. The maximum atomic E-state index is 14.7. The van der Waals surface area contributed by atoms with Gasteiger partial charge in [0.2, 0.25) is 0 Å². The number of methoxy groups -OCH3 is 1. The summed E-state index contributed by atoms with van der Waals surface area (Å²) in [4.78, 5) is 10.8. The molecular formula is C24H29FN6O. The summed E-state index contributed by atoms with van der Waals surface area (Å²) >= 11 is 0. The third-order valence-electron chi connectivity index (χ3n) is 5.74. The van der Waals surface area contributed by atoms with E-state index in [-0.39, 0.29) is 11.9 Å². The summed E-state index contributed by atoms with van der Waals surface area (Å²) in [6.07, 6.45) is 4.41.